The zero-order valence-electron chi connectivity index (χ0n) is 10.8. The van der Waals surface area contributed by atoms with Gasteiger partial charge in [-0.2, -0.15) is 0 Å². The van der Waals surface area contributed by atoms with E-state index in [0.717, 1.165) is 31.4 Å². The molecule has 0 bridgehead atoms. The first-order valence-electron chi connectivity index (χ1n) is 6.52. The highest BCUT2D eigenvalue weighted by atomic mass is 19.2. The predicted molar refractivity (Wildman–Crippen MR) is 66.1 cm³/mol. The highest BCUT2D eigenvalue weighted by molar-refractivity contribution is 5.23. The third kappa shape index (κ3) is 3.28. The van der Waals surface area contributed by atoms with Crippen molar-refractivity contribution < 1.29 is 18.3 Å². The smallest absolute Gasteiger partial charge is 0.194 e. The summed E-state index contributed by atoms with van der Waals surface area (Å²) in [6.07, 6.45) is 3.05. The van der Waals surface area contributed by atoms with Gasteiger partial charge < -0.3 is 10.4 Å². The van der Waals surface area contributed by atoms with Crippen LogP contribution in [-0.2, 0) is 0 Å². The number of rotatable bonds is 4. The van der Waals surface area contributed by atoms with Crippen LogP contribution in [0, 0.1) is 23.4 Å². The number of halogens is 3. The second-order valence-electron chi connectivity index (χ2n) is 5.32. The summed E-state index contributed by atoms with van der Waals surface area (Å²) >= 11 is 0. The molecule has 2 nitrogen and oxygen atoms in total. The summed E-state index contributed by atoms with van der Waals surface area (Å²) < 4.78 is 39.3. The molecule has 0 aliphatic heterocycles. The van der Waals surface area contributed by atoms with Crippen molar-refractivity contribution in [2.45, 2.75) is 38.3 Å². The van der Waals surface area contributed by atoms with Gasteiger partial charge in [0.15, 0.2) is 17.5 Å². The molecule has 0 saturated heterocycles. The van der Waals surface area contributed by atoms with Crippen molar-refractivity contribution in [2.75, 3.05) is 6.61 Å². The molecule has 0 radical (unpaired) electrons. The number of nitrogens with one attached hydrogen (secondary N) is 1. The van der Waals surface area contributed by atoms with Crippen LogP contribution < -0.4 is 5.32 Å². The Morgan fingerprint density at radius 3 is 2.37 bits per heavy atom. The molecule has 19 heavy (non-hydrogen) atoms. The van der Waals surface area contributed by atoms with Crippen molar-refractivity contribution in [3.63, 3.8) is 0 Å². The van der Waals surface area contributed by atoms with Gasteiger partial charge in [0, 0.05) is 6.04 Å². The molecule has 3 atom stereocenters. The summed E-state index contributed by atoms with van der Waals surface area (Å²) in [5.41, 5.74) is 0.235. The van der Waals surface area contributed by atoms with Crippen molar-refractivity contribution >= 4 is 0 Å². The Hall–Kier alpha value is -1.07. The Labute approximate surface area is 110 Å². The van der Waals surface area contributed by atoms with Crippen LogP contribution in [0.1, 0.15) is 37.8 Å². The molecule has 1 saturated carbocycles. The van der Waals surface area contributed by atoms with Gasteiger partial charge in [-0.15, -0.1) is 0 Å². The zero-order valence-corrected chi connectivity index (χ0v) is 10.8. The average Bonchev–Trinajstić information content (AvgIpc) is 2.78. The van der Waals surface area contributed by atoms with Crippen molar-refractivity contribution in [3.8, 4) is 0 Å². The second kappa shape index (κ2) is 5.92. The predicted octanol–water partition coefficient (Wildman–Crippen LogP) is 2.92. The fourth-order valence-electron chi connectivity index (χ4n) is 2.67. The Bertz CT molecular complexity index is 429. The van der Waals surface area contributed by atoms with Gasteiger partial charge in [0.05, 0.1) is 12.6 Å². The molecule has 0 amide bonds. The molecule has 1 fully saturated rings. The lowest BCUT2D eigenvalue weighted by molar-refractivity contribution is 0.231. The van der Waals surface area contributed by atoms with Crippen LogP contribution in [0.3, 0.4) is 0 Å². The van der Waals surface area contributed by atoms with Gasteiger partial charge in [0.1, 0.15) is 0 Å². The Kier molecular flexibility index (Phi) is 4.47. The Balaban J connectivity index is 2.13. The SMILES string of the molecule is CC1CCC(NC(CO)c2cc(F)c(F)c(F)c2)C1. The van der Waals surface area contributed by atoms with E-state index < -0.39 is 23.5 Å². The molecule has 0 aromatic heterocycles. The third-order valence-electron chi connectivity index (χ3n) is 3.72. The van der Waals surface area contributed by atoms with E-state index in [2.05, 4.69) is 12.2 Å². The van der Waals surface area contributed by atoms with Gasteiger partial charge in [0.2, 0.25) is 0 Å². The minimum absolute atomic E-state index is 0.225. The Morgan fingerprint density at radius 1 is 1.26 bits per heavy atom. The monoisotopic (exact) mass is 273 g/mol. The number of benzene rings is 1. The molecule has 2 N–H and O–H groups in total. The summed E-state index contributed by atoms with van der Waals surface area (Å²) in [5, 5.41) is 12.5. The van der Waals surface area contributed by atoms with Gasteiger partial charge in [-0.3, -0.25) is 0 Å². The van der Waals surface area contributed by atoms with Crippen molar-refractivity contribution in [3.05, 3.63) is 35.1 Å². The molecule has 2 rings (SSSR count). The van der Waals surface area contributed by atoms with E-state index in [1.54, 1.807) is 0 Å². The number of hydrogen-bond acceptors (Lipinski definition) is 2. The quantitative estimate of drug-likeness (QED) is 0.827. The molecule has 1 aromatic rings. The molecular formula is C14H18F3NO. The van der Waals surface area contributed by atoms with Crippen molar-refractivity contribution in [1.82, 2.24) is 5.32 Å². The van der Waals surface area contributed by atoms with E-state index in [1.165, 1.54) is 0 Å². The maximum atomic E-state index is 13.2. The van der Waals surface area contributed by atoms with Crippen LogP contribution in [0.15, 0.2) is 12.1 Å². The second-order valence-corrected chi connectivity index (χ2v) is 5.32. The van der Waals surface area contributed by atoms with Crippen LogP contribution in [0.25, 0.3) is 0 Å². The van der Waals surface area contributed by atoms with Crippen LogP contribution in [-0.4, -0.2) is 17.8 Å². The van der Waals surface area contributed by atoms with Gasteiger partial charge >= 0.3 is 0 Å². The first kappa shape index (κ1) is 14.3. The average molecular weight is 273 g/mol. The highest BCUT2D eigenvalue weighted by Crippen LogP contribution is 2.27. The van der Waals surface area contributed by atoms with Gasteiger partial charge in [-0.05, 0) is 42.9 Å². The molecule has 5 heteroatoms. The topological polar surface area (TPSA) is 32.3 Å². The highest BCUT2D eigenvalue weighted by Gasteiger charge is 2.25. The number of hydrogen-bond donors (Lipinski definition) is 2. The molecule has 1 aromatic carbocycles. The minimum Gasteiger partial charge on any atom is -0.394 e. The lowest BCUT2D eigenvalue weighted by Gasteiger charge is -2.22. The van der Waals surface area contributed by atoms with Gasteiger partial charge in [0.25, 0.3) is 0 Å². The molecule has 0 spiro atoms. The maximum Gasteiger partial charge on any atom is 0.194 e. The molecule has 0 heterocycles. The lowest BCUT2D eigenvalue weighted by Crippen LogP contribution is -2.33. The summed E-state index contributed by atoms with van der Waals surface area (Å²) in [7, 11) is 0. The van der Waals surface area contributed by atoms with E-state index in [0.29, 0.717) is 5.92 Å². The first-order valence-corrected chi connectivity index (χ1v) is 6.52. The summed E-state index contributed by atoms with van der Waals surface area (Å²) in [6.45, 7) is 1.86. The van der Waals surface area contributed by atoms with Crippen LogP contribution in [0.5, 0.6) is 0 Å². The molecule has 1 aliphatic carbocycles. The number of aliphatic hydroxyl groups excluding tert-OH is 1. The zero-order chi connectivity index (χ0) is 14.0. The molecule has 106 valence electrons. The van der Waals surface area contributed by atoms with E-state index in [9.17, 15) is 18.3 Å². The fraction of sp³-hybridized carbons (Fsp3) is 0.571. The summed E-state index contributed by atoms with van der Waals surface area (Å²) in [6, 6.07) is 1.53. The van der Waals surface area contributed by atoms with Crippen molar-refractivity contribution in [1.29, 1.82) is 0 Å². The maximum absolute atomic E-state index is 13.2. The van der Waals surface area contributed by atoms with Gasteiger partial charge in [-0.25, -0.2) is 13.2 Å². The van der Waals surface area contributed by atoms with Crippen molar-refractivity contribution in [2.24, 2.45) is 5.92 Å². The van der Waals surface area contributed by atoms with E-state index in [1.807, 2.05) is 0 Å². The van der Waals surface area contributed by atoms with E-state index >= 15 is 0 Å². The molecular weight excluding hydrogens is 255 g/mol. The normalized spacial score (nSPS) is 24.7. The van der Waals surface area contributed by atoms with Gasteiger partial charge in [-0.1, -0.05) is 6.92 Å². The third-order valence-corrected chi connectivity index (χ3v) is 3.72. The minimum atomic E-state index is -1.48. The van der Waals surface area contributed by atoms with E-state index in [-0.39, 0.29) is 18.2 Å². The molecule has 3 unspecified atom stereocenters. The Morgan fingerprint density at radius 2 is 1.89 bits per heavy atom. The van der Waals surface area contributed by atoms with Crippen LogP contribution >= 0.6 is 0 Å². The summed E-state index contributed by atoms with van der Waals surface area (Å²) in [5.74, 6) is -3.32. The van der Waals surface area contributed by atoms with Crippen LogP contribution in [0.4, 0.5) is 13.2 Å². The number of aliphatic hydroxyl groups is 1. The van der Waals surface area contributed by atoms with Crippen LogP contribution in [0.2, 0.25) is 0 Å². The summed E-state index contributed by atoms with van der Waals surface area (Å²) in [4.78, 5) is 0. The van der Waals surface area contributed by atoms with E-state index in [4.69, 9.17) is 0 Å². The first-order chi connectivity index (χ1) is 9.01. The molecule has 1 aliphatic rings. The lowest BCUT2D eigenvalue weighted by atomic mass is 10.0. The standard InChI is InChI=1S/C14H18F3NO/c1-8-2-3-10(4-8)18-13(7-19)9-5-11(15)14(17)12(16)6-9/h5-6,8,10,13,18-19H,2-4,7H2,1H3. The fourth-order valence-corrected chi connectivity index (χ4v) is 2.67. The largest absolute Gasteiger partial charge is 0.394 e.